The Labute approximate surface area is 402 Å². The average molecular weight is 907 g/mol. The molecule has 0 aromatic rings. The summed E-state index contributed by atoms with van der Waals surface area (Å²) in [6.07, 6.45) is 67.5. The number of rotatable bonds is 49. The van der Waals surface area contributed by atoms with Crippen molar-refractivity contribution in [3.8, 4) is 0 Å². The molecular formula is C59H102O6. The summed E-state index contributed by atoms with van der Waals surface area (Å²) in [7, 11) is 0. The van der Waals surface area contributed by atoms with Gasteiger partial charge in [-0.2, -0.15) is 0 Å². The Bertz CT molecular complexity index is 1230. The Kier molecular flexibility index (Phi) is 50.9. The molecule has 0 saturated heterocycles. The first-order valence-corrected chi connectivity index (χ1v) is 27.4. The first-order valence-electron chi connectivity index (χ1n) is 27.4. The summed E-state index contributed by atoms with van der Waals surface area (Å²) in [5.41, 5.74) is 0. The van der Waals surface area contributed by atoms with Gasteiger partial charge in [-0.15, -0.1) is 0 Å². The predicted octanol–water partition coefficient (Wildman–Crippen LogP) is 18.2. The topological polar surface area (TPSA) is 78.9 Å². The lowest BCUT2D eigenvalue weighted by Gasteiger charge is -2.18. The van der Waals surface area contributed by atoms with Gasteiger partial charge in [-0.3, -0.25) is 14.4 Å². The molecular weight excluding hydrogens is 805 g/mol. The van der Waals surface area contributed by atoms with Crippen molar-refractivity contribution in [1.82, 2.24) is 0 Å². The fourth-order valence-electron chi connectivity index (χ4n) is 7.58. The lowest BCUT2D eigenvalue weighted by atomic mass is 10.1. The van der Waals surface area contributed by atoms with Gasteiger partial charge in [0.25, 0.3) is 0 Å². The first-order chi connectivity index (χ1) is 32.0. The standard InChI is InChI=1S/C59H102O6/c1-4-7-10-13-16-19-21-23-25-27-29-31-33-35-37-40-43-46-49-52-58(61)64-55-56(54-63-57(60)51-48-45-42-39-18-15-12-9-6-3)65-59(62)53-50-47-44-41-38-36-34-32-30-28-26-24-22-20-17-14-11-8-5-2/h7,10,16,19,23,25,28-31,35,37,56H,4-6,8-9,11-15,17-18,20-22,24,26-27,32-34,36,38-55H2,1-3H3/b10-7-,19-16-,25-23-,30-28-,31-29-,37-35-/t56-/m1/s1. The van der Waals surface area contributed by atoms with E-state index in [0.717, 1.165) is 96.3 Å². The summed E-state index contributed by atoms with van der Waals surface area (Å²) in [6, 6.07) is 0. The van der Waals surface area contributed by atoms with Gasteiger partial charge < -0.3 is 14.2 Å². The van der Waals surface area contributed by atoms with E-state index in [1.54, 1.807) is 0 Å². The fourth-order valence-corrected chi connectivity index (χ4v) is 7.58. The van der Waals surface area contributed by atoms with E-state index in [4.69, 9.17) is 14.2 Å². The second-order valence-corrected chi connectivity index (χ2v) is 18.1. The summed E-state index contributed by atoms with van der Waals surface area (Å²) in [5.74, 6) is -0.922. The molecule has 6 heteroatoms. The lowest BCUT2D eigenvalue weighted by Crippen LogP contribution is -2.30. The molecule has 0 bridgehead atoms. The molecule has 0 spiro atoms. The molecule has 0 saturated carbocycles. The normalized spacial score (nSPS) is 12.6. The van der Waals surface area contributed by atoms with Crippen LogP contribution in [-0.4, -0.2) is 37.2 Å². The summed E-state index contributed by atoms with van der Waals surface area (Å²) in [6.45, 7) is 6.48. The molecule has 0 heterocycles. The van der Waals surface area contributed by atoms with Gasteiger partial charge in [0, 0.05) is 19.3 Å². The molecule has 374 valence electrons. The van der Waals surface area contributed by atoms with E-state index in [-0.39, 0.29) is 31.1 Å². The van der Waals surface area contributed by atoms with Crippen molar-refractivity contribution in [2.75, 3.05) is 13.2 Å². The van der Waals surface area contributed by atoms with Crippen molar-refractivity contribution in [3.63, 3.8) is 0 Å². The first kappa shape index (κ1) is 61.9. The zero-order valence-electron chi connectivity index (χ0n) is 42.7. The van der Waals surface area contributed by atoms with Crippen LogP contribution < -0.4 is 0 Å². The molecule has 0 N–H and O–H groups in total. The average Bonchev–Trinajstić information content (AvgIpc) is 3.30. The highest BCUT2D eigenvalue weighted by Crippen LogP contribution is 2.15. The maximum absolute atomic E-state index is 12.8. The lowest BCUT2D eigenvalue weighted by molar-refractivity contribution is -0.167. The predicted molar refractivity (Wildman–Crippen MR) is 279 cm³/mol. The number of ether oxygens (including phenoxy) is 3. The number of carbonyl (C=O) groups is 3. The smallest absolute Gasteiger partial charge is 0.306 e. The number of hydrogen-bond donors (Lipinski definition) is 0. The van der Waals surface area contributed by atoms with E-state index in [2.05, 4.69) is 93.7 Å². The fraction of sp³-hybridized carbons (Fsp3) is 0.746. The third-order valence-corrected chi connectivity index (χ3v) is 11.7. The summed E-state index contributed by atoms with van der Waals surface area (Å²) in [4.78, 5) is 38.0. The molecule has 65 heavy (non-hydrogen) atoms. The summed E-state index contributed by atoms with van der Waals surface area (Å²) >= 11 is 0. The molecule has 0 amide bonds. The third-order valence-electron chi connectivity index (χ3n) is 11.7. The van der Waals surface area contributed by atoms with Gasteiger partial charge in [0.1, 0.15) is 13.2 Å². The Morgan fingerprint density at radius 3 is 0.969 bits per heavy atom. The van der Waals surface area contributed by atoms with Crippen molar-refractivity contribution >= 4 is 17.9 Å². The Morgan fingerprint density at radius 1 is 0.323 bits per heavy atom. The van der Waals surface area contributed by atoms with Crippen LogP contribution in [0.15, 0.2) is 72.9 Å². The van der Waals surface area contributed by atoms with E-state index in [1.807, 2.05) is 0 Å². The number of unbranched alkanes of at least 4 members (excludes halogenated alkanes) is 26. The molecule has 6 nitrogen and oxygen atoms in total. The molecule has 0 aromatic heterocycles. The third kappa shape index (κ3) is 51.7. The van der Waals surface area contributed by atoms with Crippen LogP contribution in [-0.2, 0) is 28.6 Å². The second kappa shape index (κ2) is 53.5. The van der Waals surface area contributed by atoms with E-state index >= 15 is 0 Å². The largest absolute Gasteiger partial charge is 0.462 e. The highest BCUT2D eigenvalue weighted by atomic mass is 16.6. The van der Waals surface area contributed by atoms with Crippen LogP contribution in [0.3, 0.4) is 0 Å². The molecule has 0 aromatic carbocycles. The molecule has 0 radical (unpaired) electrons. The molecule has 0 aliphatic carbocycles. The number of carbonyl (C=O) groups excluding carboxylic acids is 3. The minimum atomic E-state index is -0.789. The van der Waals surface area contributed by atoms with Crippen LogP contribution in [0.5, 0.6) is 0 Å². The van der Waals surface area contributed by atoms with Crippen molar-refractivity contribution in [3.05, 3.63) is 72.9 Å². The van der Waals surface area contributed by atoms with Crippen molar-refractivity contribution in [2.24, 2.45) is 0 Å². The van der Waals surface area contributed by atoms with Crippen LogP contribution >= 0.6 is 0 Å². The molecule has 1 atom stereocenters. The highest BCUT2D eigenvalue weighted by molar-refractivity contribution is 5.71. The van der Waals surface area contributed by atoms with E-state index in [9.17, 15) is 14.4 Å². The van der Waals surface area contributed by atoms with Crippen LogP contribution in [0.2, 0.25) is 0 Å². The van der Waals surface area contributed by atoms with Gasteiger partial charge >= 0.3 is 17.9 Å². The van der Waals surface area contributed by atoms with E-state index < -0.39 is 6.10 Å². The Hall–Kier alpha value is -3.15. The Balaban J connectivity index is 4.36. The van der Waals surface area contributed by atoms with E-state index in [0.29, 0.717) is 19.3 Å². The van der Waals surface area contributed by atoms with Crippen LogP contribution in [0.1, 0.15) is 265 Å². The highest BCUT2D eigenvalue weighted by Gasteiger charge is 2.19. The number of esters is 3. The van der Waals surface area contributed by atoms with Crippen LogP contribution in [0.25, 0.3) is 0 Å². The maximum Gasteiger partial charge on any atom is 0.306 e. The SMILES string of the molecule is CC/C=C\C/C=C\C/C=C\C/C=C\C/C=C\CCCCCC(=O)OC[C@@H](COC(=O)CCCCCCCCCCC)OC(=O)CCCCCCCCC/C=C\CCCCCCCCCC. The van der Waals surface area contributed by atoms with Gasteiger partial charge in [-0.05, 0) is 89.9 Å². The summed E-state index contributed by atoms with van der Waals surface area (Å²) in [5, 5.41) is 0. The zero-order chi connectivity index (χ0) is 47.2. The molecule has 0 unspecified atom stereocenters. The second-order valence-electron chi connectivity index (χ2n) is 18.1. The molecule has 0 aliphatic heterocycles. The number of hydrogen-bond acceptors (Lipinski definition) is 6. The Morgan fingerprint density at radius 2 is 0.600 bits per heavy atom. The summed E-state index contributed by atoms with van der Waals surface area (Å²) < 4.78 is 16.8. The van der Waals surface area contributed by atoms with E-state index in [1.165, 1.54) is 128 Å². The van der Waals surface area contributed by atoms with Crippen molar-refractivity contribution < 1.29 is 28.6 Å². The number of allylic oxidation sites excluding steroid dienone is 12. The minimum absolute atomic E-state index is 0.0864. The molecule has 0 rings (SSSR count). The van der Waals surface area contributed by atoms with Gasteiger partial charge in [-0.1, -0.05) is 229 Å². The van der Waals surface area contributed by atoms with Crippen molar-refractivity contribution in [2.45, 2.75) is 271 Å². The zero-order valence-corrected chi connectivity index (χ0v) is 42.7. The molecule has 0 fully saturated rings. The minimum Gasteiger partial charge on any atom is -0.462 e. The quantitative estimate of drug-likeness (QED) is 0.0262. The van der Waals surface area contributed by atoms with Gasteiger partial charge in [0.2, 0.25) is 0 Å². The maximum atomic E-state index is 12.8. The van der Waals surface area contributed by atoms with Gasteiger partial charge in [0.05, 0.1) is 0 Å². The van der Waals surface area contributed by atoms with Gasteiger partial charge in [0.15, 0.2) is 6.10 Å². The van der Waals surface area contributed by atoms with Crippen molar-refractivity contribution in [1.29, 1.82) is 0 Å². The van der Waals surface area contributed by atoms with Gasteiger partial charge in [-0.25, -0.2) is 0 Å². The monoisotopic (exact) mass is 907 g/mol. The molecule has 0 aliphatic rings. The van der Waals surface area contributed by atoms with Crippen LogP contribution in [0, 0.1) is 0 Å². The van der Waals surface area contributed by atoms with Crippen LogP contribution in [0.4, 0.5) is 0 Å².